The molecule has 0 fully saturated rings. The van der Waals surface area contributed by atoms with Gasteiger partial charge in [-0.3, -0.25) is 10.1 Å². The fourth-order valence-electron chi connectivity index (χ4n) is 1.17. The van der Waals surface area contributed by atoms with Crippen molar-refractivity contribution >= 4 is 38.6 Å². The Balaban J connectivity index is 2.20. The second-order valence-corrected chi connectivity index (χ2v) is 6.93. The summed E-state index contributed by atoms with van der Waals surface area (Å²) in [6, 6.07) is 2.40. The Labute approximate surface area is 116 Å². The van der Waals surface area contributed by atoms with Gasteiger partial charge in [0, 0.05) is 12.1 Å². The molecule has 11 heteroatoms. The third kappa shape index (κ3) is 3.10. The van der Waals surface area contributed by atoms with E-state index in [2.05, 4.69) is 9.88 Å². The third-order valence-electron chi connectivity index (χ3n) is 2.04. The highest BCUT2D eigenvalue weighted by atomic mass is 35.5. The minimum atomic E-state index is -3.88. The predicted molar refractivity (Wildman–Crippen MR) is 66.5 cm³/mol. The molecule has 0 atom stereocenters. The highest BCUT2D eigenvalue weighted by molar-refractivity contribution is 7.91. The van der Waals surface area contributed by atoms with Gasteiger partial charge in [0.2, 0.25) is 0 Å². The molecule has 0 aromatic carbocycles. The number of hydrogen-bond donors (Lipinski definition) is 1. The predicted octanol–water partition coefficient (Wildman–Crippen LogP) is 1.78. The Hall–Kier alpha value is -1.49. The summed E-state index contributed by atoms with van der Waals surface area (Å²) in [6.07, 6.45) is 1.37. The minimum absolute atomic E-state index is 0.106. The summed E-state index contributed by atoms with van der Waals surface area (Å²) in [7, 11) is -3.88. The molecule has 0 aliphatic heterocycles. The summed E-state index contributed by atoms with van der Waals surface area (Å²) >= 11 is 6.22. The molecule has 0 amide bonds. The van der Waals surface area contributed by atoms with Crippen molar-refractivity contribution in [3.05, 3.63) is 38.5 Å². The van der Waals surface area contributed by atoms with Crippen molar-refractivity contribution in [1.82, 2.24) is 9.88 Å². The van der Waals surface area contributed by atoms with Crippen LogP contribution in [-0.2, 0) is 16.6 Å². The summed E-state index contributed by atoms with van der Waals surface area (Å²) in [5.41, 5.74) is -0.438. The summed E-state index contributed by atoms with van der Waals surface area (Å²) in [4.78, 5) is 9.85. The Kier molecular flexibility index (Phi) is 3.85. The van der Waals surface area contributed by atoms with Gasteiger partial charge < -0.3 is 4.52 Å². The topological polar surface area (TPSA) is 115 Å². The van der Waals surface area contributed by atoms with Crippen LogP contribution in [0, 0.1) is 10.1 Å². The van der Waals surface area contributed by atoms with E-state index in [1.165, 1.54) is 12.3 Å². The first-order chi connectivity index (χ1) is 8.90. The van der Waals surface area contributed by atoms with Crippen molar-refractivity contribution in [2.24, 2.45) is 0 Å². The molecule has 0 spiro atoms. The van der Waals surface area contributed by atoms with Gasteiger partial charge in [-0.25, -0.2) is 13.1 Å². The Morgan fingerprint density at radius 3 is 2.84 bits per heavy atom. The monoisotopic (exact) mass is 323 g/mol. The van der Waals surface area contributed by atoms with Crippen molar-refractivity contribution in [1.29, 1.82) is 0 Å². The number of halogens is 1. The van der Waals surface area contributed by atoms with E-state index >= 15 is 0 Å². The van der Waals surface area contributed by atoms with Gasteiger partial charge in [0.05, 0.1) is 17.7 Å². The van der Waals surface area contributed by atoms with Crippen LogP contribution < -0.4 is 4.72 Å². The van der Waals surface area contributed by atoms with Gasteiger partial charge in [-0.15, -0.1) is 11.3 Å². The number of nitrogens with one attached hydrogen (secondary N) is 1. The van der Waals surface area contributed by atoms with Crippen LogP contribution in [0.2, 0.25) is 4.34 Å². The first-order valence-electron chi connectivity index (χ1n) is 4.73. The Morgan fingerprint density at radius 2 is 2.32 bits per heavy atom. The molecular formula is C8H6ClN3O5S2. The van der Waals surface area contributed by atoms with E-state index in [9.17, 15) is 18.5 Å². The van der Waals surface area contributed by atoms with Crippen molar-refractivity contribution in [3.8, 4) is 0 Å². The highest BCUT2D eigenvalue weighted by Gasteiger charge is 2.25. The summed E-state index contributed by atoms with van der Waals surface area (Å²) in [5.74, 6) is 0.320. The van der Waals surface area contributed by atoms with Gasteiger partial charge in [0.1, 0.15) is 4.21 Å². The van der Waals surface area contributed by atoms with E-state index in [-0.39, 0.29) is 15.1 Å². The van der Waals surface area contributed by atoms with Gasteiger partial charge in [-0.1, -0.05) is 16.8 Å². The van der Waals surface area contributed by atoms with Gasteiger partial charge >= 0.3 is 0 Å². The zero-order valence-corrected chi connectivity index (χ0v) is 11.5. The molecule has 1 N–H and O–H groups in total. The maximum atomic E-state index is 11.9. The first-order valence-corrected chi connectivity index (χ1v) is 7.41. The molecule has 2 aromatic heterocycles. The van der Waals surface area contributed by atoms with Crippen molar-refractivity contribution < 1.29 is 17.9 Å². The summed E-state index contributed by atoms with van der Waals surface area (Å²) in [6.45, 7) is -0.106. The van der Waals surface area contributed by atoms with Crippen LogP contribution in [0.3, 0.4) is 0 Å². The Morgan fingerprint density at radius 1 is 1.58 bits per heavy atom. The van der Waals surface area contributed by atoms with Crippen molar-refractivity contribution in [2.75, 3.05) is 0 Å². The van der Waals surface area contributed by atoms with E-state index in [1.54, 1.807) is 0 Å². The normalized spacial score (nSPS) is 11.6. The number of nitrogens with zero attached hydrogens (tertiary/aromatic N) is 2. The largest absolute Gasteiger partial charge is 0.360 e. The average molecular weight is 324 g/mol. The molecule has 19 heavy (non-hydrogen) atoms. The lowest BCUT2D eigenvalue weighted by molar-refractivity contribution is -0.384. The molecule has 0 unspecified atom stereocenters. The lowest BCUT2D eigenvalue weighted by atomic mass is 10.5. The van der Waals surface area contributed by atoms with E-state index in [0.717, 1.165) is 6.07 Å². The number of aromatic nitrogens is 1. The molecule has 0 aliphatic carbocycles. The molecule has 2 heterocycles. The van der Waals surface area contributed by atoms with Crippen LogP contribution in [0.5, 0.6) is 0 Å². The van der Waals surface area contributed by atoms with E-state index in [1.807, 2.05) is 0 Å². The van der Waals surface area contributed by atoms with Crippen LogP contribution in [-0.4, -0.2) is 18.5 Å². The maximum Gasteiger partial charge on any atom is 0.300 e. The fourth-order valence-corrected chi connectivity index (χ4v) is 3.87. The van der Waals surface area contributed by atoms with Crippen molar-refractivity contribution in [3.63, 3.8) is 0 Å². The lowest BCUT2D eigenvalue weighted by Crippen LogP contribution is -2.22. The standard InChI is InChI=1S/C8H6ClN3O5S2/c9-8-6(12(13)14)3-7(18-8)19(15,16)11-4-5-1-2-10-17-5/h1-3,11H,4H2. The second-order valence-electron chi connectivity index (χ2n) is 3.28. The quantitative estimate of drug-likeness (QED) is 0.662. The fraction of sp³-hybridized carbons (Fsp3) is 0.125. The molecule has 0 saturated heterocycles. The van der Waals surface area contributed by atoms with Gasteiger partial charge in [-0.05, 0) is 0 Å². The van der Waals surface area contributed by atoms with Crippen LogP contribution in [0.15, 0.2) is 27.1 Å². The zero-order valence-electron chi connectivity index (χ0n) is 9.07. The van der Waals surface area contributed by atoms with Crippen LogP contribution in [0.4, 0.5) is 5.69 Å². The van der Waals surface area contributed by atoms with Crippen LogP contribution in [0.25, 0.3) is 0 Å². The number of nitro groups is 1. The molecule has 102 valence electrons. The smallest absolute Gasteiger partial charge is 0.300 e. The highest BCUT2D eigenvalue weighted by Crippen LogP contribution is 2.36. The van der Waals surface area contributed by atoms with Crippen LogP contribution >= 0.6 is 22.9 Å². The number of thiophene rings is 1. The summed E-state index contributed by atoms with van der Waals surface area (Å²) < 4.78 is 30.3. The van der Waals surface area contributed by atoms with Gasteiger partial charge in [-0.2, -0.15) is 0 Å². The second kappa shape index (κ2) is 5.25. The molecule has 0 radical (unpaired) electrons. The van der Waals surface area contributed by atoms with Crippen LogP contribution in [0.1, 0.15) is 5.76 Å². The number of rotatable bonds is 5. The number of sulfonamides is 1. The minimum Gasteiger partial charge on any atom is -0.360 e. The molecule has 0 bridgehead atoms. The van der Waals surface area contributed by atoms with Crippen molar-refractivity contribution in [2.45, 2.75) is 10.8 Å². The molecule has 0 aliphatic rings. The molecular weight excluding hydrogens is 318 g/mol. The maximum absolute atomic E-state index is 11.9. The lowest BCUT2D eigenvalue weighted by Gasteiger charge is -2.00. The molecule has 2 aromatic rings. The Bertz CT molecular complexity index is 694. The van der Waals surface area contributed by atoms with E-state index in [4.69, 9.17) is 16.1 Å². The third-order valence-corrected chi connectivity index (χ3v) is 5.25. The van der Waals surface area contributed by atoms with Gasteiger partial charge in [0.25, 0.3) is 15.7 Å². The molecule has 2 rings (SSSR count). The number of hydrogen-bond acceptors (Lipinski definition) is 7. The SMILES string of the molecule is O=[N+]([O-])c1cc(S(=O)(=O)NCc2ccno2)sc1Cl. The average Bonchev–Trinajstić information content (AvgIpc) is 2.95. The first kappa shape index (κ1) is 13.9. The molecule has 8 nitrogen and oxygen atoms in total. The summed E-state index contributed by atoms with van der Waals surface area (Å²) in [5, 5.41) is 14.0. The zero-order chi connectivity index (χ0) is 14.0. The molecule has 0 saturated carbocycles. The van der Waals surface area contributed by atoms with E-state index < -0.39 is 20.6 Å². The van der Waals surface area contributed by atoms with Gasteiger partial charge in [0.15, 0.2) is 10.1 Å². The van der Waals surface area contributed by atoms with E-state index in [0.29, 0.717) is 17.1 Å².